The minimum atomic E-state index is -0.533. The van der Waals surface area contributed by atoms with Gasteiger partial charge in [-0.25, -0.2) is 5.43 Å². The minimum Gasteiger partial charge on any atom is -0.504 e. The van der Waals surface area contributed by atoms with E-state index in [1.165, 1.54) is 6.21 Å². The summed E-state index contributed by atoms with van der Waals surface area (Å²) >= 11 is 1.98. The normalized spacial score (nSPS) is 10.6. The first kappa shape index (κ1) is 20.7. The van der Waals surface area contributed by atoms with Crippen LogP contribution in [-0.4, -0.2) is 29.7 Å². The first-order valence-corrected chi connectivity index (χ1v) is 9.30. The van der Waals surface area contributed by atoms with E-state index in [2.05, 4.69) is 15.8 Å². The summed E-state index contributed by atoms with van der Waals surface area (Å²) in [7, 11) is 0. The molecule has 0 spiro atoms. The Kier molecular flexibility index (Phi) is 7.59. The van der Waals surface area contributed by atoms with E-state index in [-0.39, 0.29) is 12.2 Å². The van der Waals surface area contributed by atoms with Crippen LogP contribution in [0.1, 0.15) is 24.5 Å². The first-order valence-electron chi connectivity index (χ1n) is 8.22. The molecule has 0 saturated carbocycles. The number of hydrogen-bond acceptors (Lipinski definition) is 5. The molecule has 2 aromatic carbocycles. The second-order valence-corrected chi connectivity index (χ2v) is 6.83. The monoisotopic (exact) mass is 481 g/mol. The minimum absolute atomic E-state index is 0.0615. The van der Waals surface area contributed by atoms with Gasteiger partial charge < -0.3 is 15.2 Å². The Labute approximate surface area is 171 Å². The van der Waals surface area contributed by atoms with Crippen LogP contribution in [0.2, 0.25) is 0 Å². The average Bonchev–Trinajstić information content (AvgIpc) is 2.61. The van der Waals surface area contributed by atoms with Crippen molar-refractivity contribution < 1.29 is 19.4 Å². The molecule has 2 amide bonds. The number of benzene rings is 2. The van der Waals surface area contributed by atoms with E-state index in [4.69, 9.17) is 4.74 Å². The second kappa shape index (κ2) is 9.91. The van der Waals surface area contributed by atoms with Crippen LogP contribution in [-0.2, 0) is 9.59 Å². The SMILES string of the molecule is CCOc1cc(C=NNC(=O)CC(=O)Nc2ccc(C)cc2)cc(I)c1O. The fourth-order valence-corrected chi connectivity index (χ4v) is 2.77. The third kappa shape index (κ3) is 6.55. The maximum absolute atomic E-state index is 11.9. The van der Waals surface area contributed by atoms with Gasteiger partial charge in [0.2, 0.25) is 11.8 Å². The van der Waals surface area contributed by atoms with E-state index in [0.29, 0.717) is 27.2 Å². The van der Waals surface area contributed by atoms with Crippen LogP contribution in [0.3, 0.4) is 0 Å². The van der Waals surface area contributed by atoms with Gasteiger partial charge in [0.1, 0.15) is 6.42 Å². The largest absolute Gasteiger partial charge is 0.504 e. The highest BCUT2D eigenvalue weighted by atomic mass is 127. The molecule has 0 aliphatic rings. The lowest BCUT2D eigenvalue weighted by Crippen LogP contribution is -2.24. The Hall–Kier alpha value is -2.62. The third-order valence-electron chi connectivity index (χ3n) is 3.41. The fraction of sp³-hybridized carbons (Fsp3) is 0.211. The number of amides is 2. The smallest absolute Gasteiger partial charge is 0.249 e. The molecule has 0 bridgehead atoms. The number of carbonyl (C=O) groups is 2. The van der Waals surface area contributed by atoms with Crippen molar-refractivity contribution in [3.8, 4) is 11.5 Å². The number of rotatable bonds is 7. The van der Waals surface area contributed by atoms with Gasteiger partial charge >= 0.3 is 0 Å². The van der Waals surface area contributed by atoms with E-state index in [0.717, 1.165) is 5.56 Å². The van der Waals surface area contributed by atoms with Crippen molar-refractivity contribution in [2.24, 2.45) is 5.10 Å². The number of carbonyl (C=O) groups excluding carboxylic acids is 2. The van der Waals surface area contributed by atoms with Gasteiger partial charge in [-0.2, -0.15) is 5.10 Å². The summed E-state index contributed by atoms with van der Waals surface area (Å²) in [5.41, 5.74) is 4.66. The Balaban J connectivity index is 1.89. The first-order chi connectivity index (χ1) is 12.9. The van der Waals surface area contributed by atoms with Crippen LogP contribution in [0, 0.1) is 10.5 Å². The number of aromatic hydroxyl groups is 1. The van der Waals surface area contributed by atoms with Crippen LogP contribution in [0.5, 0.6) is 11.5 Å². The van der Waals surface area contributed by atoms with Crippen LogP contribution in [0.15, 0.2) is 41.5 Å². The van der Waals surface area contributed by atoms with Crippen molar-refractivity contribution in [3.63, 3.8) is 0 Å². The topological polar surface area (TPSA) is 100 Å². The van der Waals surface area contributed by atoms with Crippen molar-refractivity contribution >= 4 is 46.3 Å². The Morgan fingerprint density at radius 1 is 1.22 bits per heavy atom. The number of aryl methyl sites for hydroxylation is 1. The Morgan fingerprint density at radius 2 is 1.93 bits per heavy atom. The maximum atomic E-state index is 11.9. The summed E-state index contributed by atoms with van der Waals surface area (Å²) < 4.78 is 5.95. The summed E-state index contributed by atoms with van der Waals surface area (Å²) in [5, 5.41) is 16.4. The molecule has 0 atom stereocenters. The molecule has 2 rings (SSSR count). The zero-order chi connectivity index (χ0) is 19.8. The molecule has 27 heavy (non-hydrogen) atoms. The number of anilines is 1. The molecule has 3 N–H and O–H groups in total. The van der Waals surface area contributed by atoms with E-state index in [1.54, 1.807) is 24.3 Å². The van der Waals surface area contributed by atoms with Gasteiger partial charge in [-0.3, -0.25) is 9.59 Å². The molecular formula is C19H20IN3O4. The summed E-state index contributed by atoms with van der Waals surface area (Å²) in [4.78, 5) is 23.7. The highest BCUT2D eigenvalue weighted by Gasteiger charge is 2.10. The van der Waals surface area contributed by atoms with Gasteiger partial charge in [-0.15, -0.1) is 0 Å². The van der Waals surface area contributed by atoms with Gasteiger partial charge in [-0.1, -0.05) is 17.7 Å². The van der Waals surface area contributed by atoms with Crippen molar-refractivity contribution in [1.82, 2.24) is 5.43 Å². The predicted molar refractivity (Wildman–Crippen MR) is 112 cm³/mol. The van der Waals surface area contributed by atoms with Gasteiger partial charge in [0.05, 0.1) is 16.4 Å². The molecule has 8 heteroatoms. The van der Waals surface area contributed by atoms with Gasteiger partial charge in [0, 0.05) is 5.69 Å². The quantitative estimate of drug-likeness (QED) is 0.245. The Morgan fingerprint density at radius 3 is 2.59 bits per heavy atom. The third-order valence-corrected chi connectivity index (χ3v) is 4.23. The molecule has 0 fully saturated rings. The zero-order valence-corrected chi connectivity index (χ0v) is 17.1. The van der Waals surface area contributed by atoms with E-state index in [1.807, 2.05) is 48.6 Å². The number of ether oxygens (including phenoxy) is 1. The molecule has 0 aliphatic heterocycles. The highest BCUT2D eigenvalue weighted by molar-refractivity contribution is 14.1. The predicted octanol–water partition coefficient (Wildman–Crippen LogP) is 3.18. The van der Waals surface area contributed by atoms with Crippen molar-refractivity contribution in [2.75, 3.05) is 11.9 Å². The lowest BCUT2D eigenvalue weighted by Gasteiger charge is -2.08. The molecule has 0 unspecified atom stereocenters. The number of nitrogens with zero attached hydrogens (tertiary/aromatic N) is 1. The molecule has 7 nitrogen and oxygen atoms in total. The number of hydrogen-bond donors (Lipinski definition) is 3. The Bertz CT molecular complexity index is 851. The number of nitrogens with one attached hydrogen (secondary N) is 2. The summed E-state index contributed by atoms with van der Waals surface area (Å²) in [6.45, 7) is 4.18. The molecule has 0 heterocycles. The number of halogens is 1. The van der Waals surface area contributed by atoms with Crippen LogP contribution < -0.4 is 15.5 Å². The van der Waals surface area contributed by atoms with Gasteiger partial charge in [0.15, 0.2) is 11.5 Å². The summed E-state index contributed by atoms with van der Waals surface area (Å²) in [5.74, 6) is -0.556. The average molecular weight is 481 g/mol. The van der Waals surface area contributed by atoms with Gasteiger partial charge in [0.25, 0.3) is 0 Å². The van der Waals surface area contributed by atoms with Crippen LogP contribution in [0.25, 0.3) is 0 Å². The maximum Gasteiger partial charge on any atom is 0.249 e. The molecular weight excluding hydrogens is 461 g/mol. The van der Waals surface area contributed by atoms with Crippen molar-refractivity contribution in [1.29, 1.82) is 0 Å². The molecule has 0 aromatic heterocycles. The lowest BCUT2D eigenvalue weighted by molar-refractivity contribution is -0.126. The van der Waals surface area contributed by atoms with Crippen LogP contribution in [0.4, 0.5) is 5.69 Å². The molecule has 0 radical (unpaired) electrons. The number of phenols is 1. The van der Waals surface area contributed by atoms with Gasteiger partial charge in [-0.05, 0) is 66.3 Å². The van der Waals surface area contributed by atoms with Crippen LogP contribution >= 0.6 is 22.6 Å². The molecule has 0 saturated heterocycles. The number of phenolic OH excluding ortho intramolecular Hbond substituents is 1. The highest BCUT2D eigenvalue weighted by Crippen LogP contribution is 2.32. The van der Waals surface area contributed by atoms with E-state index in [9.17, 15) is 14.7 Å². The second-order valence-electron chi connectivity index (χ2n) is 5.67. The molecule has 2 aromatic rings. The van der Waals surface area contributed by atoms with E-state index >= 15 is 0 Å². The molecule has 0 aliphatic carbocycles. The zero-order valence-electron chi connectivity index (χ0n) is 15.0. The molecule has 142 valence electrons. The summed E-state index contributed by atoms with van der Waals surface area (Å²) in [6, 6.07) is 10.6. The summed E-state index contributed by atoms with van der Waals surface area (Å²) in [6.07, 6.45) is 1.07. The van der Waals surface area contributed by atoms with Crippen molar-refractivity contribution in [2.45, 2.75) is 20.3 Å². The van der Waals surface area contributed by atoms with Crippen molar-refractivity contribution in [3.05, 3.63) is 51.1 Å². The standard InChI is InChI=1S/C19H20IN3O4/c1-3-27-16-9-13(8-15(20)19(16)26)11-21-23-18(25)10-17(24)22-14-6-4-12(2)5-7-14/h4-9,11,26H,3,10H2,1-2H3,(H,22,24)(H,23,25). The lowest BCUT2D eigenvalue weighted by atomic mass is 10.2. The van der Waals surface area contributed by atoms with E-state index < -0.39 is 11.8 Å². The number of hydrazone groups is 1. The fourth-order valence-electron chi connectivity index (χ4n) is 2.14.